The molecule has 4 heteroatoms. The molecule has 0 aliphatic heterocycles. The molecule has 2 rings (SSSR count). The Kier molecular flexibility index (Phi) is 3.73. The van der Waals surface area contributed by atoms with Crippen molar-refractivity contribution in [3.05, 3.63) is 35.0 Å². The van der Waals surface area contributed by atoms with Crippen molar-refractivity contribution >= 4 is 34.1 Å². The molecule has 2 aromatic rings. The molecule has 0 spiro atoms. The zero-order valence-electron chi connectivity index (χ0n) is 8.87. The molecule has 0 saturated heterocycles. The van der Waals surface area contributed by atoms with Gasteiger partial charge in [-0.1, -0.05) is 23.4 Å². The van der Waals surface area contributed by atoms with Crippen molar-refractivity contribution in [2.24, 2.45) is 0 Å². The fourth-order valence-corrected chi connectivity index (χ4v) is 1.84. The molecule has 86 valence electrons. The lowest BCUT2D eigenvalue weighted by molar-refractivity contribution is 0.479. The summed E-state index contributed by atoms with van der Waals surface area (Å²) in [4.78, 5) is 4.10. The molecule has 1 aromatic heterocycles. The molecule has 0 atom stereocenters. The lowest BCUT2D eigenvalue weighted by Crippen LogP contribution is -1.85. The summed E-state index contributed by atoms with van der Waals surface area (Å²) in [6.07, 6.45) is 2.17. The summed E-state index contributed by atoms with van der Waals surface area (Å²) in [6.45, 7) is 0. The van der Waals surface area contributed by atoms with Crippen molar-refractivity contribution in [2.75, 3.05) is 5.88 Å². The van der Waals surface area contributed by atoms with Gasteiger partial charge in [0.2, 0.25) is 0 Å². The summed E-state index contributed by atoms with van der Waals surface area (Å²) in [5.41, 5.74) is 0.946. The Hall–Kier alpha value is -1.43. The average Bonchev–Trinajstić information content (AvgIpc) is 2.36. The summed E-state index contributed by atoms with van der Waals surface area (Å²) in [6, 6.07) is 5.22. The minimum atomic E-state index is 0.0621. The van der Waals surface area contributed by atoms with Gasteiger partial charge in [-0.3, -0.25) is 4.98 Å². The number of nitrogens with zero attached hydrogens (tertiary/aromatic N) is 1. The van der Waals surface area contributed by atoms with E-state index in [1.165, 1.54) is 0 Å². The molecule has 0 saturated carbocycles. The number of alkyl halides is 1. The third-order valence-electron chi connectivity index (χ3n) is 2.26. The lowest BCUT2D eigenvalue weighted by Gasteiger charge is -2.04. The van der Waals surface area contributed by atoms with E-state index in [1.807, 2.05) is 0 Å². The predicted octanol–water partition coefficient (Wildman–Crippen LogP) is 3.57. The van der Waals surface area contributed by atoms with E-state index in [-0.39, 0.29) is 5.75 Å². The number of phenols is 1. The highest BCUT2D eigenvalue weighted by molar-refractivity contribution is 6.35. The van der Waals surface area contributed by atoms with Crippen LogP contribution in [0.5, 0.6) is 5.75 Å². The highest BCUT2D eigenvalue weighted by Crippen LogP contribution is 2.32. The Labute approximate surface area is 109 Å². The molecule has 0 bridgehead atoms. The van der Waals surface area contributed by atoms with Gasteiger partial charge in [0.15, 0.2) is 5.75 Å². The highest BCUT2D eigenvalue weighted by atomic mass is 35.5. The van der Waals surface area contributed by atoms with Gasteiger partial charge in [-0.25, -0.2) is 0 Å². The van der Waals surface area contributed by atoms with Crippen LogP contribution in [0.1, 0.15) is 12.0 Å². The minimum Gasteiger partial charge on any atom is -0.504 e. The Balaban J connectivity index is 2.60. The predicted molar refractivity (Wildman–Crippen MR) is 70.6 cm³/mol. The van der Waals surface area contributed by atoms with Crippen molar-refractivity contribution < 1.29 is 5.11 Å². The van der Waals surface area contributed by atoms with Crippen LogP contribution in [0.15, 0.2) is 24.4 Å². The van der Waals surface area contributed by atoms with E-state index in [0.717, 1.165) is 5.39 Å². The highest BCUT2D eigenvalue weighted by Gasteiger charge is 2.09. The quantitative estimate of drug-likeness (QED) is 0.632. The maximum absolute atomic E-state index is 10.0. The van der Waals surface area contributed by atoms with E-state index in [0.29, 0.717) is 28.4 Å². The van der Waals surface area contributed by atoms with Crippen molar-refractivity contribution in [1.29, 1.82) is 0 Å². The van der Waals surface area contributed by atoms with Crippen molar-refractivity contribution in [3.63, 3.8) is 0 Å². The number of halogens is 2. The number of hydrogen-bond acceptors (Lipinski definition) is 2. The Morgan fingerprint density at radius 1 is 1.41 bits per heavy atom. The van der Waals surface area contributed by atoms with Crippen LogP contribution in [0.4, 0.5) is 0 Å². The van der Waals surface area contributed by atoms with Crippen LogP contribution in [-0.4, -0.2) is 16.0 Å². The fraction of sp³-hybridized carbons (Fsp3) is 0.154. The van der Waals surface area contributed by atoms with Gasteiger partial charge >= 0.3 is 0 Å². The van der Waals surface area contributed by atoms with Crippen LogP contribution in [-0.2, 0) is 0 Å². The second-order valence-electron chi connectivity index (χ2n) is 3.39. The number of rotatable bonds is 1. The normalized spacial score (nSPS) is 10.0. The average molecular weight is 266 g/mol. The molecule has 0 amide bonds. The second kappa shape index (κ2) is 5.27. The number of phenolic OH excluding ortho intramolecular Hbond substituents is 1. The van der Waals surface area contributed by atoms with E-state index >= 15 is 0 Å². The number of pyridine rings is 1. The monoisotopic (exact) mass is 265 g/mol. The number of hydrogen-bond donors (Lipinski definition) is 1. The molecular weight excluding hydrogens is 257 g/mol. The van der Waals surface area contributed by atoms with Crippen molar-refractivity contribution in [1.82, 2.24) is 4.98 Å². The van der Waals surface area contributed by atoms with E-state index in [9.17, 15) is 5.11 Å². The van der Waals surface area contributed by atoms with Crippen LogP contribution in [0, 0.1) is 11.8 Å². The first-order valence-corrected chi connectivity index (χ1v) is 5.96. The molecule has 0 aliphatic rings. The van der Waals surface area contributed by atoms with Crippen molar-refractivity contribution in [2.45, 2.75) is 6.42 Å². The lowest BCUT2D eigenvalue weighted by atomic mass is 10.1. The molecular formula is C13H9Cl2NO. The molecule has 1 aromatic carbocycles. The molecule has 1 heterocycles. The van der Waals surface area contributed by atoms with Gasteiger partial charge < -0.3 is 5.11 Å². The first-order valence-electron chi connectivity index (χ1n) is 5.05. The molecule has 0 aliphatic carbocycles. The Morgan fingerprint density at radius 2 is 2.24 bits per heavy atom. The molecule has 0 fully saturated rings. The van der Waals surface area contributed by atoms with Gasteiger partial charge in [-0.15, -0.1) is 11.6 Å². The van der Waals surface area contributed by atoms with Gasteiger partial charge in [0.05, 0.1) is 10.6 Å². The third kappa shape index (κ3) is 2.46. The molecule has 0 unspecified atom stereocenters. The van der Waals surface area contributed by atoms with Crippen LogP contribution < -0.4 is 0 Å². The minimum absolute atomic E-state index is 0.0621. The standard InChI is InChI=1S/C13H9Cl2NO/c14-6-2-1-4-9-8-11(15)10-5-3-7-16-12(10)13(9)17/h3,5,7-8,17H,2,6H2. The summed E-state index contributed by atoms with van der Waals surface area (Å²) >= 11 is 11.6. The largest absolute Gasteiger partial charge is 0.504 e. The molecule has 1 N–H and O–H groups in total. The van der Waals surface area contributed by atoms with Crippen LogP contribution in [0.3, 0.4) is 0 Å². The first kappa shape index (κ1) is 12.0. The number of aromatic nitrogens is 1. The van der Waals surface area contributed by atoms with Crippen LogP contribution in [0.25, 0.3) is 10.9 Å². The molecule has 17 heavy (non-hydrogen) atoms. The number of benzene rings is 1. The molecule has 0 radical (unpaired) electrons. The Bertz CT molecular complexity index is 614. The maximum Gasteiger partial charge on any atom is 0.157 e. The summed E-state index contributed by atoms with van der Waals surface area (Å²) in [5, 5.41) is 11.3. The zero-order chi connectivity index (χ0) is 12.3. The van der Waals surface area contributed by atoms with Gasteiger partial charge in [-0.05, 0) is 18.2 Å². The smallest absolute Gasteiger partial charge is 0.157 e. The maximum atomic E-state index is 10.0. The number of fused-ring (bicyclic) bond motifs is 1. The third-order valence-corrected chi connectivity index (χ3v) is 2.76. The van der Waals surface area contributed by atoms with Gasteiger partial charge in [-0.2, -0.15) is 0 Å². The van der Waals surface area contributed by atoms with E-state index < -0.39 is 0 Å². The van der Waals surface area contributed by atoms with Crippen molar-refractivity contribution in [3.8, 4) is 17.6 Å². The van der Waals surface area contributed by atoms with E-state index in [4.69, 9.17) is 23.2 Å². The number of aromatic hydroxyl groups is 1. The summed E-state index contributed by atoms with van der Waals surface area (Å²) in [5.74, 6) is 6.22. The van der Waals surface area contributed by atoms with Gasteiger partial charge in [0, 0.05) is 23.9 Å². The molecule has 2 nitrogen and oxygen atoms in total. The topological polar surface area (TPSA) is 33.1 Å². The van der Waals surface area contributed by atoms with Crippen LogP contribution in [0.2, 0.25) is 5.02 Å². The first-order chi connectivity index (χ1) is 8.24. The SMILES string of the molecule is Oc1c(C#CCCCl)cc(Cl)c2cccnc12. The van der Waals surface area contributed by atoms with Gasteiger partial charge in [0.1, 0.15) is 5.52 Å². The van der Waals surface area contributed by atoms with Crippen LogP contribution >= 0.6 is 23.2 Å². The summed E-state index contributed by atoms with van der Waals surface area (Å²) in [7, 11) is 0. The van der Waals surface area contributed by atoms with Gasteiger partial charge in [0.25, 0.3) is 0 Å². The fourth-order valence-electron chi connectivity index (χ4n) is 1.49. The second-order valence-corrected chi connectivity index (χ2v) is 4.18. The zero-order valence-corrected chi connectivity index (χ0v) is 10.4. The van der Waals surface area contributed by atoms with E-state index in [2.05, 4.69) is 16.8 Å². The Morgan fingerprint density at radius 3 is 3.00 bits per heavy atom. The summed E-state index contributed by atoms with van der Waals surface area (Å²) < 4.78 is 0. The van der Waals surface area contributed by atoms with E-state index in [1.54, 1.807) is 24.4 Å².